The van der Waals surface area contributed by atoms with Gasteiger partial charge >= 0.3 is 0 Å². The molecule has 2 saturated heterocycles. The summed E-state index contributed by atoms with van der Waals surface area (Å²) in [4.78, 5) is 7.03. The molecule has 0 saturated carbocycles. The molecular formula is C21H26N2O4S. The predicted molar refractivity (Wildman–Crippen MR) is 108 cm³/mol. The third-order valence-electron chi connectivity index (χ3n) is 5.44. The van der Waals surface area contributed by atoms with Gasteiger partial charge in [0.2, 0.25) is 0 Å². The van der Waals surface area contributed by atoms with E-state index in [2.05, 4.69) is 22.9 Å². The van der Waals surface area contributed by atoms with Crippen LogP contribution in [0.25, 0.3) is 11.1 Å². The van der Waals surface area contributed by atoms with Gasteiger partial charge in [-0.25, -0.2) is 8.42 Å². The van der Waals surface area contributed by atoms with Gasteiger partial charge in [0.25, 0.3) is 0 Å². The number of aromatic nitrogens is 1. The minimum absolute atomic E-state index is 0.270. The fourth-order valence-electron chi connectivity index (χ4n) is 3.67. The average Bonchev–Trinajstić information content (AvgIpc) is 3.30. The topological polar surface area (TPSA) is 68.7 Å². The van der Waals surface area contributed by atoms with Gasteiger partial charge in [-0.1, -0.05) is 13.0 Å². The number of sulfone groups is 1. The van der Waals surface area contributed by atoms with Crippen LogP contribution in [0.5, 0.6) is 0 Å². The fourth-order valence-corrected chi connectivity index (χ4v) is 5.32. The summed E-state index contributed by atoms with van der Waals surface area (Å²) in [7, 11) is -3.45. The van der Waals surface area contributed by atoms with E-state index in [1.54, 1.807) is 12.1 Å². The minimum atomic E-state index is -3.45. The van der Waals surface area contributed by atoms with Crippen molar-refractivity contribution in [3.8, 4) is 11.1 Å². The zero-order valence-corrected chi connectivity index (χ0v) is 17.0. The maximum Gasteiger partial charge on any atom is 0.183 e. The van der Waals surface area contributed by atoms with E-state index in [9.17, 15) is 8.42 Å². The summed E-state index contributed by atoms with van der Waals surface area (Å²) in [6.45, 7) is 5.64. The highest BCUT2D eigenvalue weighted by molar-refractivity contribution is 7.92. The van der Waals surface area contributed by atoms with Crippen LogP contribution in [-0.4, -0.2) is 58.2 Å². The molecule has 0 aliphatic carbocycles. The number of anilines is 1. The quantitative estimate of drug-likeness (QED) is 0.766. The van der Waals surface area contributed by atoms with Crippen molar-refractivity contribution in [1.82, 2.24) is 4.98 Å². The summed E-state index contributed by atoms with van der Waals surface area (Å²) in [6, 6.07) is 9.64. The molecule has 1 aromatic carbocycles. The molecule has 0 amide bonds. The summed E-state index contributed by atoms with van der Waals surface area (Å²) in [5.41, 5.74) is 3.73. The third-order valence-corrected chi connectivity index (χ3v) is 7.59. The molecule has 6 nitrogen and oxygen atoms in total. The molecule has 0 bridgehead atoms. The number of ether oxygens (including phenoxy) is 2. The molecule has 2 aromatic rings. The predicted octanol–water partition coefficient (Wildman–Crippen LogP) is 2.71. The fraction of sp³-hybridized carbons (Fsp3) is 0.476. The minimum Gasteiger partial charge on any atom is -0.380 e. The van der Waals surface area contributed by atoms with Crippen molar-refractivity contribution in [1.29, 1.82) is 0 Å². The van der Waals surface area contributed by atoms with Crippen molar-refractivity contribution in [2.75, 3.05) is 44.4 Å². The largest absolute Gasteiger partial charge is 0.380 e. The second-order valence-corrected chi connectivity index (χ2v) is 9.47. The molecule has 0 N–H and O–H groups in total. The maximum atomic E-state index is 13.2. The van der Waals surface area contributed by atoms with Gasteiger partial charge < -0.3 is 14.4 Å². The van der Waals surface area contributed by atoms with E-state index in [4.69, 9.17) is 9.47 Å². The van der Waals surface area contributed by atoms with Crippen LogP contribution in [0, 0.1) is 0 Å². The Kier molecular flexibility index (Phi) is 5.66. The van der Waals surface area contributed by atoms with Gasteiger partial charge in [-0.15, -0.1) is 0 Å². The molecule has 150 valence electrons. The number of rotatable bonds is 5. The van der Waals surface area contributed by atoms with Crippen molar-refractivity contribution in [2.45, 2.75) is 29.9 Å². The van der Waals surface area contributed by atoms with Gasteiger partial charge in [-0.2, -0.15) is 0 Å². The number of aryl methyl sites for hydroxylation is 1. The molecule has 4 rings (SSSR count). The molecule has 2 aliphatic heterocycles. The summed E-state index contributed by atoms with van der Waals surface area (Å²) in [5, 5.41) is -0.471. The summed E-state index contributed by atoms with van der Waals surface area (Å²) in [5.74, 6) is 0. The van der Waals surface area contributed by atoms with E-state index in [1.807, 2.05) is 18.3 Å². The van der Waals surface area contributed by atoms with E-state index in [1.165, 1.54) is 0 Å². The van der Waals surface area contributed by atoms with Gasteiger partial charge in [-0.05, 0) is 42.7 Å². The van der Waals surface area contributed by atoms with Crippen LogP contribution in [-0.2, 0) is 25.7 Å². The van der Waals surface area contributed by atoms with Crippen LogP contribution in [0.15, 0.2) is 41.4 Å². The van der Waals surface area contributed by atoms with Crippen LogP contribution in [0.3, 0.4) is 0 Å². The van der Waals surface area contributed by atoms with Gasteiger partial charge in [-0.3, -0.25) is 4.98 Å². The Morgan fingerprint density at radius 3 is 2.54 bits per heavy atom. The molecule has 1 aromatic heterocycles. The molecule has 0 spiro atoms. The van der Waals surface area contributed by atoms with Crippen LogP contribution >= 0.6 is 0 Å². The first kappa shape index (κ1) is 19.4. The Hall–Kier alpha value is -1.96. The van der Waals surface area contributed by atoms with Crippen molar-refractivity contribution in [3.63, 3.8) is 0 Å². The Bertz CT molecular complexity index is 916. The molecule has 2 aliphatic rings. The van der Waals surface area contributed by atoms with Gasteiger partial charge in [0, 0.05) is 42.8 Å². The highest BCUT2D eigenvalue weighted by atomic mass is 32.2. The smallest absolute Gasteiger partial charge is 0.183 e. The van der Waals surface area contributed by atoms with Crippen LogP contribution in [0.2, 0.25) is 0 Å². The lowest BCUT2D eigenvalue weighted by atomic mass is 10.1. The lowest BCUT2D eigenvalue weighted by molar-refractivity contribution is 0.122. The number of hydrogen-bond donors (Lipinski definition) is 0. The number of pyridine rings is 1. The zero-order chi connectivity index (χ0) is 19.6. The Balaban J connectivity index is 1.78. The van der Waals surface area contributed by atoms with Crippen molar-refractivity contribution < 1.29 is 17.9 Å². The second-order valence-electron chi connectivity index (χ2n) is 7.24. The van der Waals surface area contributed by atoms with Gasteiger partial charge in [0.1, 0.15) is 0 Å². The van der Waals surface area contributed by atoms with Crippen LogP contribution < -0.4 is 4.90 Å². The van der Waals surface area contributed by atoms with E-state index in [0.29, 0.717) is 31.1 Å². The van der Waals surface area contributed by atoms with Crippen LogP contribution in [0.1, 0.15) is 19.0 Å². The molecule has 28 heavy (non-hydrogen) atoms. The van der Waals surface area contributed by atoms with Crippen molar-refractivity contribution in [2.24, 2.45) is 0 Å². The summed E-state index contributed by atoms with van der Waals surface area (Å²) in [6.07, 6.45) is 3.24. The molecule has 0 radical (unpaired) electrons. The van der Waals surface area contributed by atoms with Crippen molar-refractivity contribution in [3.05, 3.63) is 42.2 Å². The SMILES string of the molecule is CCc1ccc(-c2cc(N3CCOCC3)cc(S(=O)(=O)[C@@H]3CCOC3)c2)cn1. The first-order chi connectivity index (χ1) is 13.6. The molecule has 0 unspecified atom stereocenters. The van der Waals surface area contributed by atoms with E-state index in [-0.39, 0.29) is 6.61 Å². The van der Waals surface area contributed by atoms with E-state index >= 15 is 0 Å². The normalized spacial score (nSPS) is 20.5. The van der Waals surface area contributed by atoms with Crippen molar-refractivity contribution >= 4 is 15.5 Å². The zero-order valence-electron chi connectivity index (χ0n) is 16.1. The number of hydrogen-bond acceptors (Lipinski definition) is 6. The van der Waals surface area contributed by atoms with Gasteiger partial charge in [0.15, 0.2) is 9.84 Å². The standard InChI is InChI=1S/C21H26N2O4S/c1-2-18-4-3-16(14-22-18)17-11-19(23-6-9-26-10-7-23)13-21(12-17)28(24,25)20-5-8-27-15-20/h3-4,11-14,20H,2,5-10,15H2,1H3/t20-/m1/s1. The number of benzene rings is 1. The Labute approximate surface area is 166 Å². The molecular weight excluding hydrogens is 376 g/mol. The van der Waals surface area contributed by atoms with E-state index < -0.39 is 15.1 Å². The number of nitrogens with zero attached hydrogens (tertiary/aromatic N) is 2. The Morgan fingerprint density at radius 1 is 1.07 bits per heavy atom. The lowest BCUT2D eigenvalue weighted by Crippen LogP contribution is -2.36. The second kappa shape index (κ2) is 8.19. The molecule has 2 fully saturated rings. The summed E-state index contributed by atoms with van der Waals surface area (Å²) < 4.78 is 37.2. The number of morpholine rings is 1. The lowest BCUT2D eigenvalue weighted by Gasteiger charge is -2.29. The average molecular weight is 403 g/mol. The van der Waals surface area contributed by atoms with E-state index in [0.717, 1.165) is 42.0 Å². The Morgan fingerprint density at radius 2 is 1.89 bits per heavy atom. The molecule has 3 heterocycles. The van der Waals surface area contributed by atoms with Crippen LogP contribution in [0.4, 0.5) is 5.69 Å². The molecule has 1 atom stereocenters. The van der Waals surface area contributed by atoms with Gasteiger partial charge in [0.05, 0.1) is 30.0 Å². The highest BCUT2D eigenvalue weighted by Crippen LogP contribution is 2.32. The first-order valence-electron chi connectivity index (χ1n) is 9.82. The monoisotopic (exact) mass is 402 g/mol. The third kappa shape index (κ3) is 3.92. The first-order valence-corrected chi connectivity index (χ1v) is 11.4. The molecule has 7 heteroatoms. The maximum absolute atomic E-state index is 13.2. The summed E-state index contributed by atoms with van der Waals surface area (Å²) >= 11 is 0. The highest BCUT2D eigenvalue weighted by Gasteiger charge is 2.32.